The second-order valence-electron chi connectivity index (χ2n) is 6.74. The lowest BCUT2D eigenvalue weighted by molar-refractivity contribution is 0.0587. The Bertz CT molecular complexity index is 738. The molecule has 3 rings (SSSR count). The molecule has 1 amide bonds. The zero-order valence-electron chi connectivity index (χ0n) is 15.5. The molecule has 1 aliphatic heterocycles. The van der Waals surface area contributed by atoms with Gasteiger partial charge >= 0.3 is 0 Å². The van der Waals surface area contributed by atoms with Crippen molar-refractivity contribution in [3.63, 3.8) is 0 Å². The molecule has 0 spiro atoms. The lowest BCUT2D eigenvalue weighted by Crippen LogP contribution is -2.41. The number of carbonyl (C=O) groups excluding carboxylic acids is 1. The van der Waals surface area contributed by atoms with Crippen LogP contribution in [-0.4, -0.2) is 46.1 Å². The largest absolute Gasteiger partial charge is 0.491 e. The number of carbonyl (C=O) groups is 1. The third-order valence-electron chi connectivity index (χ3n) is 4.24. The first-order valence-corrected chi connectivity index (χ1v) is 9.03. The van der Waals surface area contributed by atoms with Crippen molar-refractivity contribution in [3.05, 3.63) is 47.9 Å². The second-order valence-corrected chi connectivity index (χ2v) is 6.74. The third-order valence-corrected chi connectivity index (χ3v) is 4.24. The summed E-state index contributed by atoms with van der Waals surface area (Å²) in [5.41, 5.74) is 0.687. The van der Waals surface area contributed by atoms with Gasteiger partial charge in [-0.1, -0.05) is 0 Å². The van der Waals surface area contributed by atoms with E-state index in [4.69, 9.17) is 9.47 Å². The standard InChI is InChI=1S/C20H25N3O3/c1-14(2)25-17-6-4-16(5-7-17)20(24)23-12-9-18(10-13-23)26-19-8-11-21-15(3)22-19/h4-8,11,14,18H,9-10,12-13H2,1-3H3. The predicted molar refractivity (Wildman–Crippen MR) is 98.5 cm³/mol. The lowest BCUT2D eigenvalue weighted by atomic mass is 10.1. The quantitative estimate of drug-likeness (QED) is 0.824. The smallest absolute Gasteiger partial charge is 0.253 e. The number of rotatable bonds is 5. The Balaban J connectivity index is 1.53. The zero-order chi connectivity index (χ0) is 18.5. The summed E-state index contributed by atoms with van der Waals surface area (Å²) in [6.45, 7) is 7.16. The first kappa shape index (κ1) is 18.2. The van der Waals surface area contributed by atoms with Crippen molar-refractivity contribution in [2.45, 2.75) is 45.8 Å². The maximum absolute atomic E-state index is 12.7. The van der Waals surface area contributed by atoms with Gasteiger partial charge in [0.25, 0.3) is 5.91 Å². The number of likely N-dealkylation sites (tertiary alicyclic amines) is 1. The third kappa shape index (κ3) is 4.71. The molecule has 1 aliphatic rings. The van der Waals surface area contributed by atoms with Crippen molar-refractivity contribution < 1.29 is 14.3 Å². The minimum atomic E-state index is 0.0532. The molecule has 0 radical (unpaired) electrons. The molecule has 26 heavy (non-hydrogen) atoms. The van der Waals surface area contributed by atoms with Gasteiger partial charge < -0.3 is 14.4 Å². The van der Waals surface area contributed by atoms with Crippen LogP contribution in [0.2, 0.25) is 0 Å². The highest BCUT2D eigenvalue weighted by Gasteiger charge is 2.25. The number of benzene rings is 1. The van der Waals surface area contributed by atoms with Crippen LogP contribution in [0.4, 0.5) is 0 Å². The van der Waals surface area contributed by atoms with Crippen molar-refractivity contribution in [2.24, 2.45) is 0 Å². The molecule has 6 heteroatoms. The fourth-order valence-corrected chi connectivity index (χ4v) is 2.98. The molecule has 0 atom stereocenters. The van der Waals surface area contributed by atoms with Gasteiger partial charge in [-0.3, -0.25) is 4.79 Å². The van der Waals surface area contributed by atoms with Crippen LogP contribution in [0.5, 0.6) is 11.6 Å². The maximum Gasteiger partial charge on any atom is 0.253 e. The Morgan fingerprint density at radius 3 is 2.46 bits per heavy atom. The van der Waals surface area contributed by atoms with Crippen molar-refractivity contribution in [2.75, 3.05) is 13.1 Å². The summed E-state index contributed by atoms with van der Waals surface area (Å²) < 4.78 is 11.5. The molecule has 6 nitrogen and oxygen atoms in total. The van der Waals surface area contributed by atoms with Crippen LogP contribution in [0, 0.1) is 6.92 Å². The number of ether oxygens (including phenoxy) is 2. The molecular formula is C20H25N3O3. The number of hydrogen-bond acceptors (Lipinski definition) is 5. The molecule has 1 saturated heterocycles. The van der Waals surface area contributed by atoms with E-state index in [1.54, 1.807) is 12.3 Å². The van der Waals surface area contributed by atoms with Gasteiger partial charge in [0, 0.05) is 43.8 Å². The van der Waals surface area contributed by atoms with Crippen LogP contribution in [0.1, 0.15) is 42.9 Å². The Morgan fingerprint density at radius 2 is 1.85 bits per heavy atom. The van der Waals surface area contributed by atoms with Gasteiger partial charge in [0.05, 0.1) is 6.10 Å². The fourth-order valence-electron chi connectivity index (χ4n) is 2.98. The Kier molecular flexibility index (Phi) is 5.71. The van der Waals surface area contributed by atoms with Gasteiger partial charge in [-0.25, -0.2) is 4.98 Å². The first-order valence-electron chi connectivity index (χ1n) is 9.03. The van der Waals surface area contributed by atoms with E-state index in [0.717, 1.165) is 18.6 Å². The summed E-state index contributed by atoms with van der Waals surface area (Å²) in [5.74, 6) is 2.13. The van der Waals surface area contributed by atoms with Gasteiger partial charge in [-0.05, 0) is 45.0 Å². The van der Waals surface area contributed by atoms with E-state index < -0.39 is 0 Å². The Morgan fingerprint density at radius 1 is 1.15 bits per heavy atom. The molecule has 1 aromatic heterocycles. The van der Waals surface area contributed by atoms with Crippen LogP contribution in [-0.2, 0) is 0 Å². The van der Waals surface area contributed by atoms with E-state index in [1.165, 1.54) is 0 Å². The molecule has 0 unspecified atom stereocenters. The number of nitrogens with zero attached hydrogens (tertiary/aromatic N) is 3. The monoisotopic (exact) mass is 355 g/mol. The highest BCUT2D eigenvalue weighted by atomic mass is 16.5. The average Bonchev–Trinajstić information content (AvgIpc) is 2.62. The van der Waals surface area contributed by atoms with Gasteiger partial charge in [0.15, 0.2) is 0 Å². The van der Waals surface area contributed by atoms with Crippen LogP contribution in [0.25, 0.3) is 0 Å². The molecule has 1 aromatic carbocycles. The predicted octanol–water partition coefficient (Wildman–Crippen LogP) is 3.26. The number of aryl methyl sites for hydroxylation is 1. The van der Waals surface area contributed by atoms with Crippen LogP contribution in [0.15, 0.2) is 36.5 Å². The summed E-state index contributed by atoms with van der Waals surface area (Å²) in [7, 11) is 0. The lowest BCUT2D eigenvalue weighted by Gasteiger charge is -2.32. The molecule has 1 fully saturated rings. The summed E-state index contributed by atoms with van der Waals surface area (Å²) in [6, 6.07) is 9.12. The van der Waals surface area contributed by atoms with E-state index in [9.17, 15) is 4.79 Å². The van der Waals surface area contributed by atoms with Crippen LogP contribution < -0.4 is 9.47 Å². The summed E-state index contributed by atoms with van der Waals surface area (Å²) in [5, 5.41) is 0. The van der Waals surface area contributed by atoms with Crippen molar-refractivity contribution in [1.82, 2.24) is 14.9 Å². The average molecular weight is 355 g/mol. The summed E-state index contributed by atoms with van der Waals surface area (Å²) in [4.78, 5) is 22.9. The number of amides is 1. The molecule has 138 valence electrons. The molecular weight excluding hydrogens is 330 g/mol. The number of hydrogen-bond donors (Lipinski definition) is 0. The number of piperidine rings is 1. The summed E-state index contributed by atoms with van der Waals surface area (Å²) in [6.07, 6.45) is 3.49. The minimum Gasteiger partial charge on any atom is -0.491 e. The van der Waals surface area contributed by atoms with Crippen LogP contribution in [0.3, 0.4) is 0 Å². The maximum atomic E-state index is 12.7. The highest BCUT2D eigenvalue weighted by molar-refractivity contribution is 5.94. The number of aromatic nitrogens is 2. The fraction of sp³-hybridized carbons (Fsp3) is 0.450. The highest BCUT2D eigenvalue weighted by Crippen LogP contribution is 2.20. The summed E-state index contributed by atoms with van der Waals surface area (Å²) >= 11 is 0. The molecule has 0 aliphatic carbocycles. The second kappa shape index (κ2) is 8.17. The zero-order valence-corrected chi connectivity index (χ0v) is 15.5. The van der Waals surface area contributed by atoms with Crippen molar-refractivity contribution >= 4 is 5.91 Å². The van der Waals surface area contributed by atoms with Gasteiger partial charge in [0.1, 0.15) is 17.7 Å². The van der Waals surface area contributed by atoms with E-state index in [1.807, 2.05) is 49.9 Å². The van der Waals surface area contributed by atoms with E-state index in [-0.39, 0.29) is 18.1 Å². The topological polar surface area (TPSA) is 64.5 Å². The van der Waals surface area contributed by atoms with E-state index in [0.29, 0.717) is 30.4 Å². The SMILES string of the molecule is Cc1nccc(OC2CCN(C(=O)c3ccc(OC(C)C)cc3)CC2)n1. The Hall–Kier alpha value is -2.63. The normalized spacial score (nSPS) is 15.2. The molecule has 2 heterocycles. The van der Waals surface area contributed by atoms with Gasteiger partial charge in [-0.15, -0.1) is 0 Å². The van der Waals surface area contributed by atoms with Gasteiger partial charge in [0.2, 0.25) is 5.88 Å². The molecule has 0 bridgehead atoms. The van der Waals surface area contributed by atoms with Gasteiger partial charge in [-0.2, -0.15) is 4.98 Å². The van der Waals surface area contributed by atoms with Crippen molar-refractivity contribution in [1.29, 1.82) is 0 Å². The van der Waals surface area contributed by atoms with E-state index >= 15 is 0 Å². The van der Waals surface area contributed by atoms with Crippen molar-refractivity contribution in [3.8, 4) is 11.6 Å². The Labute approximate surface area is 154 Å². The molecule has 0 N–H and O–H groups in total. The molecule has 0 saturated carbocycles. The molecule has 2 aromatic rings. The first-order chi connectivity index (χ1) is 12.5. The minimum absolute atomic E-state index is 0.0532. The van der Waals surface area contributed by atoms with E-state index in [2.05, 4.69) is 9.97 Å². The van der Waals surface area contributed by atoms with Crippen LogP contribution >= 0.6 is 0 Å².